The molecule has 0 spiro atoms. The Morgan fingerprint density at radius 3 is 1.00 bits per heavy atom. The fourth-order valence-corrected chi connectivity index (χ4v) is 6.82. The standard InChI is InChI=1S/C48H34N6O/c1-3-39(35-17-25-49-26-18-35)33-45(5-1)53(43-21-29-51-30-22-43)41-11-7-37(8-12-41)47-15-16-48(55-47)38-9-13-42(14-10-38)54(44-23-31-52-32-24-44)46-6-2-4-40(34-46)36-19-27-50-28-20-36/h1-34H. The molecule has 0 N–H and O–H groups in total. The zero-order valence-electron chi connectivity index (χ0n) is 29.7. The van der Waals surface area contributed by atoms with Gasteiger partial charge in [0.05, 0.1) is 0 Å². The van der Waals surface area contributed by atoms with E-state index in [0.29, 0.717) is 0 Å². The van der Waals surface area contributed by atoms with Crippen LogP contribution in [-0.2, 0) is 0 Å². The van der Waals surface area contributed by atoms with Gasteiger partial charge in [-0.2, -0.15) is 0 Å². The first-order valence-electron chi connectivity index (χ1n) is 18.0. The molecule has 0 radical (unpaired) electrons. The number of hydrogen-bond acceptors (Lipinski definition) is 7. The minimum atomic E-state index is 0.798. The van der Waals surface area contributed by atoms with Crippen molar-refractivity contribution in [1.29, 1.82) is 0 Å². The Bertz CT molecular complexity index is 2450. The van der Waals surface area contributed by atoms with Crippen molar-refractivity contribution in [3.8, 4) is 44.9 Å². The van der Waals surface area contributed by atoms with E-state index in [0.717, 1.165) is 79.0 Å². The Hall–Kier alpha value is -7.64. The Morgan fingerprint density at radius 1 is 0.273 bits per heavy atom. The second kappa shape index (κ2) is 15.1. The molecule has 0 saturated heterocycles. The average Bonchev–Trinajstić information content (AvgIpc) is 3.77. The van der Waals surface area contributed by atoms with Gasteiger partial charge in [-0.1, -0.05) is 24.3 Å². The molecule has 5 heterocycles. The Balaban J connectivity index is 0.988. The molecular weight excluding hydrogens is 677 g/mol. The first-order chi connectivity index (χ1) is 27.3. The van der Waals surface area contributed by atoms with E-state index in [1.165, 1.54) is 0 Å². The summed E-state index contributed by atoms with van der Waals surface area (Å²) in [6.45, 7) is 0. The summed E-state index contributed by atoms with van der Waals surface area (Å²) in [5, 5.41) is 0. The van der Waals surface area contributed by atoms with Gasteiger partial charge in [0, 0.05) is 94.8 Å². The van der Waals surface area contributed by atoms with Crippen LogP contribution in [0.2, 0.25) is 0 Å². The lowest BCUT2D eigenvalue weighted by molar-refractivity contribution is 0.597. The lowest BCUT2D eigenvalue weighted by atomic mass is 10.1. The molecule has 0 fully saturated rings. The minimum absolute atomic E-state index is 0.798. The molecule has 9 rings (SSSR count). The molecule has 7 nitrogen and oxygen atoms in total. The third kappa shape index (κ3) is 7.10. The van der Waals surface area contributed by atoms with Crippen LogP contribution in [0.25, 0.3) is 44.9 Å². The molecule has 0 amide bonds. The van der Waals surface area contributed by atoms with Crippen LogP contribution < -0.4 is 9.80 Å². The smallest absolute Gasteiger partial charge is 0.134 e. The second-order valence-corrected chi connectivity index (χ2v) is 12.9. The summed E-state index contributed by atoms with van der Waals surface area (Å²) in [7, 11) is 0. The van der Waals surface area contributed by atoms with Gasteiger partial charge in [-0.15, -0.1) is 0 Å². The Morgan fingerprint density at radius 2 is 0.618 bits per heavy atom. The van der Waals surface area contributed by atoms with Gasteiger partial charge < -0.3 is 14.2 Å². The number of aromatic nitrogens is 4. The van der Waals surface area contributed by atoms with Crippen LogP contribution in [0, 0.1) is 0 Å². The maximum atomic E-state index is 6.47. The number of rotatable bonds is 10. The molecule has 0 aliphatic rings. The van der Waals surface area contributed by atoms with Gasteiger partial charge in [-0.25, -0.2) is 0 Å². The summed E-state index contributed by atoms with van der Waals surface area (Å²) in [5.74, 6) is 1.60. The van der Waals surface area contributed by atoms with E-state index in [9.17, 15) is 0 Å². The quantitative estimate of drug-likeness (QED) is 0.140. The lowest BCUT2D eigenvalue weighted by Gasteiger charge is -2.26. The summed E-state index contributed by atoms with van der Waals surface area (Å²) in [4.78, 5) is 21.4. The van der Waals surface area contributed by atoms with E-state index in [-0.39, 0.29) is 0 Å². The summed E-state index contributed by atoms with van der Waals surface area (Å²) < 4.78 is 6.47. The van der Waals surface area contributed by atoms with Crippen molar-refractivity contribution < 1.29 is 4.42 Å². The van der Waals surface area contributed by atoms with E-state index in [1.807, 2.05) is 110 Å². The molecule has 7 heteroatoms. The van der Waals surface area contributed by atoms with E-state index in [4.69, 9.17) is 4.42 Å². The van der Waals surface area contributed by atoms with Crippen LogP contribution >= 0.6 is 0 Å². The van der Waals surface area contributed by atoms with E-state index >= 15 is 0 Å². The highest BCUT2D eigenvalue weighted by atomic mass is 16.3. The van der Waals surface area contributed by atoms with Gasteiger partial charge in [0.25, 0.3) is 0 Å². The molecule has 0 unspecified atom stereocenters. The van der Waals surface area contributed by atoms with Gasteiger partial charge in [0.15, 0.2) is 0 Å². The zero-order valence-corrected chi connectivity index (χ0v) is 29.7. The highest BCUT2D eigenvalue weighted by molar-refractivity contribution is 5.82. The van der Waals surface area contributed by atoms with Gasteiger partial charge in [0.2, 0.25) is 0 Å². The molecule has 0 bridgehead atoms. The topological polar surface area (TPSA) is 71.2 Å². The van der Waals surface area contributed by atoms with Gasteiger partial charge in [0.1, 0.15) is 11.5 Å². The summed E-state index contributed by atoms with van der Waals surface area (Å²) in [5.41, 5.74) is 12.6. The third-order valence-corrected chi connectivity index (χ3v) is 9.50. The number of benzene rings is 4. The van der Waals surface area contributed by atoms with Crippen LogP contribution in [0.15, 0.2) is 212 Å². The van der Waals surface area contributed by atoms with Crippen LogP contribution in [0.3, 0.4) is 0 Å². The average molecular weight is 711 g/mol. The summed E-state index contributed by atoms with van der Waals surface area (Å²) in [6.07, 6.45) is 14.5. The maximum Gasteiger partial charge on any atom is 0.134 e. The largest absolute Gasteiger partial charge is 0.456 e. The highest BCUT2D eigenvalue weighted by Gasteiger charge is 2.17. The van der Waals surface area contributed by atoms with Crippen molar-refractivity contribution in [2.45, 2.75) is 0 Å². The van der Waals surface area contributed by atoms with Crippen LogP contribution in [0.5, 0.6) is 0 Å². The Kier molecular flexibility index (Phi) is 9.15. The van der Waals surface area contributed by atoms with Crippen molar-refractivity contribution >= 4 is 34.1 Å². The molecule has 0 aliphatic heterocycles. The van der Waals surface area contributed by atoms with Crippen LogP contribution in [-0.4, -0.2) is 19.9 Å². The number of nitrogens with zero attached hydrogens (tertiary/aromatic N) is 6. The molecule has 9 aromatic rings. The molecule has 262 valence electrons. The highest BCUT2D eigenvalue weighted by Crippen LogP contribution is 2.40. The molecule has 4 aromatic carbocycles. The summed E-state index contributed by atoms with van der Waals surface area (Å²) >= 11 is 0. The zero-order chi connectivity index (χ0) is 36.8. The van der Waals surface area contributed by atoms with Crippen LogP contribution in [0.1, 0.15) is 0 Å². The van der Waals surface area contributed by atoms with Crippen molar-refractivity contribution in [2.24, 2.45) is 0 Å². The third-order valence-electron chi connectivity index (χ3n) is 9.50. The summed E-state index contributed by atoms with van der Waals surface area (Å²) in [6, 6.07) is 54.2. The Labute approximate surface area is 319 Å². The SMILES string of the molecule is c1cc(-c2ccncc2)cc(N(c2ccncc2)c2ccc(-c3ccc(-c4ccc(N(c5ccncc5)c5cccc(-c6ccncc6)c5)cc4)o3)cc2)c1. The second-order valence-electron chi connectivity index (χ2n) is 12.9. The predicted molar refractivity (Wildman–Crippen MR) is 221 cm³/mol. The van der Waals surface area contributed by atoms with E-state index < -0.39 is 0 Å². The van der Waals surface area contributed by atoms with Crippen molar-refractivity contribution in [1.82, 2.24) is 19.9 Å². The molecule has 0 saturated carbocycles. The van der Waals surface area contributed by atoms with E-state index in [2.05, 4.69) is 127 Å². The van der Waals surface area contributed by atoms with Gasteiger partial charge in [-0.05, 0) is 156 Å². The number of furan rings is 1. The number of anilines is 6. The normalized spacial score (nSPS) is 10.9. The predicted octanol–water partition coefficient (Wildman–Crippen LogP) is 12.5. The molecule has 5 aromatic heterocycles. The molecular formula is C48H34N6O. The number of hydrogen-bond donors (Lipinski definition) is 0. The maximum absolute atomic E-state index is 6.47. The molecule has 0 atom stereocenters. The lowest BCUT2D eigenvalue weighted by Crippen LogP contribution is -2.10. The molecule has 0 aliphatic carbocycles. The van der Waals surface area contributed by atoms with Crippen molar-refractivity contribution in [2.75, 3.05) is 9.80 Å². The van der Waals surface area contributed by atoms with Crippen LogP contribution in [0.4, 0.5) is 34.1 Å². The van der Waals surface area contributed by atoms with Gasteiger partial charge >= 0.3 is 0 Å². The fraction of sp³-hybridized carbons (Fsp3) is 0. The monoisotopic (exact) mass is 710 g/mol. The first kappa shape index (κ1) is 33.2. The van der Waals surface area contributed by atoms with E-state index in [1.54, 1.807) is 0 Å². The fourth-order valence-electron chi connectivity index (χ4n) is 6.82. The van der Waals surface area contributed by atoms with Gasteiger partial charge in [-0.3, -0.25) is 19.9 Å². The molecule has 55 heavy (non-hydrogen) atoms. The number of pyridine rings is 4. The van der Waals surface area contributed by atoms with Crippen molar-refractivity contribution in [3.05, 3.63) is 207 Å². The van der Waals surface area contributed by atoms with Crippen molar-refractivity contribution in [3.63, 3.8) is 0 Å². The first-order valence-corrected chi connectivity index (χ1v) is 18.0. The minimum Gasteiger partial charge on any atom is -0.456 e.